The van der Waals surface area contributed by atoms with Gasteiger partial charge in [-0.15, -0.1) is 11.3 Å². The average Bonchev–Trinajstić information content (AvgIpc) is 3.48. The Labute approximate surface area is 186 Å². The molecule has 154 valence electrons. The molecule has 1 unspecified atom stereocenters. The molecule has 0 N–H and O–H groups in total. The SMILES string of the molecule is COc1ccc(C2=NN(c3nc(-c4ccccc4)cs3)C(c3ccc(C)cc3)C2)cc1. The Morgan fingerprint density at radius 3 is 2.35 bits per heavy atom. The van der Waals surface area contributed by atoms with Crippen LogP contribution in [0.4, 0.5) is 5.13 Å². The van der Waals surface area contributed by atoms with Gasteiger partial charge in [0.1, 0.15) is 5.75 Å². The number of nitrogens with zero attached hydrogens (tertiary/aromatic N) is 3. The first-order valence-electron chi connectivity index (χ1n) is 10.3. The van der Waals surface area contributed by atoms with Gasteiger partial charge in [-0.1, -0.05) is 60.2 Å². The summed E-state index contributed by atoms with van der Waals surface area (Å²) in [5.74, 6) is 0.849. The molecule has 3 aromatic carbocycles. The molecule has 1 aromatic heterocycles. The van der Waals surface area contributed by atoms with Crippen molar-refractivity contribution in [2.45, 2.75) is 19.4 Å². The first-order valence-corrected chi connectivity index (χ1v) is 11.2. The van der Waals surface area contributed by atoms with Gasteiger partial charge in [0.25, 0.3) is 0 Å². The van der Waals surface area contributed by atoms with Crippen molar-refractivity contribution in [2.75, 3.05) is 12.1 Å². The maximum absolute atomic E-state index is 5.31. The Morgan fingerprint density at radius 1 is 0.903 bits per heavy atom. The summed E-state index contributed by atoms with van der Waals surface area (Å²) in [6.07, 6.45) is 0.829. The van der Waals surface area contributed by atoms with E-state index in [4.69, 9.17) is 14.8 Å². The number of aromatic nitrogens is 1. The zero-order valence-electron chi connectivity index (χ0n) is 17.5. The summed E-state index contributed by atoms with van der Waals surface area (Å²) in [5.41, 5.74) is 6.77. The molecule has 4 nitrogen and oxygen atoms in total. The lowest BCUT2D eigenvalue weighted by molar-refractivity contribution is 0.415. The second-order valence-corrected chi connectivity index (χ2v) is 8.47. The zero-order valence-corrected chi connectivity index (χ0v) is 18.3. The third-order valence-corrected chi connectivity index (χ3v) is 6.38. The number of anilines is 1. The Balaban J connectivity index is 1.52. The van der Waals surface area contributed by atoms with Crippen LogP contribution in [0, 0.1) is 6.92 Å². The van der Waals surface area contributed by atoms with Crippen LogP contribution in [0.1, 0.15) is 29.2 Å². The maximum atomic E-state index is 5.31. The van der Waals surface area contributed by atoms with E-state index in [2.05, 4.69) is 65.8 Å². The summed E-state index contributed by atoms with van der Waals surface area (Å²) < 4.78 is 5.31. The fourth-order valence-electron chi connectivity index (χ4n) is 3.80. The van der Waals surface area contributed by atoms with Gasteiger partial charge in [0.2, 0.25) is 5.13 Å². The molecule has 1 aliphatic rings. The summed E-state index contributed by atoms with van der Waals surface area (Å²) >= 11 is 1.63. The highest BCUT2D eigenvalue weighted by Gasteiger charge is 2.31. The van der Waals surface area contributed by atoms with Crippen molar-refractivity contribution >= 4 is 22.2 Å². The highest BCUT2D eigenvalue weighted by molar-refractivity contribution is 7.14. The van der Waals surface area contributed by atoms with Crippen LogP contribution in [0.25, 0.3) is 11.3 Å². The lowest BCUT2D eigenvalue weighted by atomic mass is 9.98. The predicted octanol–water partition coefficient (Wildman–Crippen LogP) is 6.48. The van der Waals surface area contributed by atoms with E-state index in [1.807, 2.05) is 30.3 Å². The van der Waals surface area contributed by atoms with Crippen molar-refractivity contribution in [3.8, 4) is 17.0 Å². The van der Waals surface area contributed by atoms with E-state index in [1.165, 1.54) is 11.1 Å². The number of hydrogen-bond acceptors (Lipinski definition) is 5. The predicted molar refractivity (Wildman–Crippen MR) is 128 cm³/mol. The number of hydrazone groups is 1. The fourth-order valence-corrected chi connectivity index (χ4v) is 4.64. The lowest BCUT2D eigenvalue weighted by Gasteiger charge is -2.21. The van der Waals surface area contributed by atoms with Crippen molar-refractivity contribution in [1.29, 1.82) is 0 Å². The molecule has 0 saturated carbocycles. The van der Waals surface area contributed by atoms with Gasteiger partial charge in [-0.3, -0.25) is 0 Å². The zero-order chi connectivity index (χ0) is 21.2. The van der Waals surface area contributed by atoms with Gasteiger partial charge in [-0.05, 0) is 42.3 Å². The van der Waals surface area contributed by atoms with Crippen LogP contribution in [-0.2, 0) is 0 Å². The molecular formula is C26H23N3OS. The van der Waals surface area contributed by atoms with Crippen molar-refractivity contribution in [3.05, 3.63) is 101 Å². The van der Waals surface area contributed by atoms with E-state index >= 15 is 0 Å². The van der Waals surface area contributed by atoms with Crippen LogP contribution in [0.5, 0.6) is 5.75 Å². The lowest BCUT2D eigenvalue weighted by Crippen LogP contribution is -2.18. The summed E-state index contributed by atoms with van der Waals surface area (Å²) in [6, 6.07) is 27.2. The van der Waals surface area contributed by atoms with Gasteiger partial charge >= 0.3 is 0 Å². The molecule has 4 aromatic rings. The van der Waals surface area contributed by atoms with Crippen molar-refractivity contribution in [1.82, 2.24) is 4.98 Å². The largest absolute Gasteiger partial charge is 0.497 e. The van der Waals surface area contributed by atoms with Crippen molar-refractivity contribution in [3.63, 3.8) is 0 Å². The van der Waals surface area contributed by atoms with E-state index < -0.39 is 0 Å². The minimum absolute atomic E-state index is 0.118. The van der Waals surface area contributed by atoms with Crippen LogP contribution < -0.4 is 9.75 Å². The molecule has 5 heteroatoms. The topological polar surface area (TPSA) is 37.7 Å². The molecule has 2 heterocycles. The Morgan fingerprint density at radius 2 is 1.65 bits per heavy atom. The summed E-state index contributed by atoms with van der Waals surface area (Å²) in [5, 5.41) is 10.1. The van der Waals surface area contributed by atoms with Gasteiger partial charge in [-0.25, -0.2) is 9.99 Å². The molecular weight excluding hydrogens is 402 g/mol. The molecule has 5 rings (SSSR count). The Hall–Kier alpha value is -3.44. The standard InChI is InChI=1S/C26H23N3OS/c1-18-8-10-21(11-9-18)25-16-23(20-12-14-22(30-2)15-13-20)28-29(25)26-27-24(17-31-26)19-6-4-3-5-7-19/h3-15,17,25H,16H2,1-2H3. The van der Waals surface area contributed by atoms with Gasteiger partial charge in [0, 0.05) is 17.4 Å². The minimum atomic E-state index is 0.118. The molecule has 0 radical (unpaired) electrons. The number of rotatable bonds is 5. The molecule has 0 aliphatic carbocycles. The average molecular weight is 426 g/mol. The second kappa shape index (κ2) is 8.36. The molecule has 1 aliphatic heterocycles. The Kier molecular flexibility index (Phi) is 5.26. The second-order valence-electron chi connectivity index (χ2n) is 7.63. The molecule has 0 fully saturated rings. The number of methoxy groups -OCH3 is 1. The monoisotopic (exact) mass is 425 g/mol. The number of ether oxygens (including phenoxy) is 1. The molecule has 0 saturated heterocycles. The van der Waals surface area contributed by atoms with Crippen molar-refractivity contribution < 1.29 is 4.74 Å². The first-order chi connectivity index (χ1) is 15.2. The van der Waals surface area contributed by atoms with Crippen molar-refractivity contribution in [2.24, 2.45) is 5.10 Å². The molecule has 31 heavy (non-hydrogen) atoms. The van der Waals surface area contributed by atoms with E-state index in [0.29, 0.717) is 0 Å². The van der Waals surface area contributed by atoms with Crippen LogP contribution >= 0.6 is 11.3 Å². The minimum Gasteiger partial charge on any atom is -0.497 e. The van der Waals surface area contributed by atoms with E-state index in [0.717, 1.165) is 39.8 Å². The summed E-state index contributed by atoms with van der Waals surface area (Å²) in [7, 11) is 1.68. The van der Waals surface area contributed by atoms with Gasteiger partial charge < -0.3 is 4.74 Å². The van der Waals surface area contributed by atoms with Crippen LogP contribution in [0.3, 0.4) is 0 Å². The third-order valence-electron chi connectivity index (χ3n) is 5.55. The first kappa shape index (κ1) is 19.5. The highest BCUT2D eigenvalue weighted by atomic mass is 32.1. The van der Waals surface area contributed by atoms with Crippen LogP contribution in [0.2, 0.25) is 0 Å². The third kappa shape index (κ3) is 3.97. The summed E-state index contributed by atoms with van der Waals surface area (Å²) in [6.45, 7) is 2.11. The summed E-state index contributed by atoms with van der Waals surface area (Å²) in [4.78, 5) is 4.93. The molecule has 0 amide bonds. The highest BCUT2D eigenvalue weighted by Crippen LogP contribution is 2.39. The van der Waals surface area contributed by atoms with Crippen LogP contribution in [-0.4, -0.2) is 17.8 Å². The molecule has 0 bridgehead atoms. The number of aryl methyl sites for hydroxylation is 1. The van der Waals surface area contributed by atoms with Gasteiger partial charge in [0.05, 0.1) is 24.6 Å². The van der Waals surface area contributed by atoms with Gasteiger partial charge in [-0.2, -0.15) is 5.10 Å². The molecule has 0 spiro atoms. The smallest absolute Gasteiger partial charge is 0.207 e. The normalized spacial score (nSPS) is 15.7. The number of benzene rings is 3. The number of hydrogen-bond donors (Lipinski definition) is 0. The quantitative estimate of drug-likeness (QED) is 0.367. The molecule has 1 atom stereocenters. The van der Waals surface area contributed by atoms with E-state index in [1.54, 1.807) is 18.4 Å². The number of thiazole rings is 1. The maximum Gasteiger partial charge on any atom is 0.207 e. The van der Waals surface area contributed by atoms with Gasteiger partial charge in [0.15, 0.2) is 0 Å². The van der Waals surface area contributed by atoms with Crippen LogP contribution in [0.15, 0.2) is 89.3 Å². The van der Waals surface area contributed by atoms with E-state index in [-0.39, 0.29) is 6.04 Å². The fraction of sp³-hybridized carbons (Fsp3) is 0.154. The Bertz CT molecular complexity index is 1200. The van der Waals surface area contributed by atoms with E-state index in [9.17, 15) is 0 Å².